The number of aryl methyl sites for hydroxylation is 2. The van der Waals surface area contributed by atoms with Crippen LogP contribution >= 0.6 is 11.3 Å². The van der Waals surface area contributed by atoms with Crippen LogP contribution in [0, 0.1) is 12.8 Å². The lowest BCUT2D eigenvalue weighted by Gasteiger charge is -2.29. The number of aromatic nitrogens is 5. The zero-order chi connectivity index (χ0) is 21.3. The molecule has 0 saturated carbocycles. The number of carbonyl (C=O) groups excluding carboxylic acids is 1. The van der Waals surface area contributed by atoms with Gasteiger partial charge in [-0.15, -0.1) is 21.5 Å². The highest BCUT2D eigenvalue weighted by molar-refractivity contribution is 7.18. The van der Waals surface area contributed by atoms with Gasteiger partial charge in [-0.3, -0.25) is 4.79 Å². The lowest BCUT2D eigenvalue weighted by molar-refractivity contribution is -0.142. The Morgan fingerprint density at radius 2 is 2.10 bits per heavy atom. The normalized spacial score (nSPS) is 14.6. The molecule has 0 radical (unpaired) electrons. The zero-order valence-electron chi connectivity index (χ0n) is 17.7. The van der Waals surface area contributed by atoms with Crippen molar-refractivity contribution in [3.05, 3.63) is 22.6 Å². The third kappa shape index (κ3) is 4.23. The monoisotopic (exact) mass is 430 g/mol. The predicted molar refractivity (Wildman–Crippen MR) is 114 cm³/mol. The first-order chi connectivity index (χ1) is 14.4. The summed E-state index contributed by atoms with van der Waals surface area (Å²) in [6.07, 6.45) is 0.948. The van der Waals surface area contributed by atoms with Crippen LogP contribution in [0.2, 0.25) is 0 Å². The largest absolute Gasteiger partial charge is 0.465 e. The smallest absolute Gasteiger partial charge is 0.319 e. The highest BCUT2D eigenvalue weighted by Crippen LogP contribution is 2.34. The van der Waals surface area contributed by atoms with Crippen LogP contribution in [0.15, 0.2) is 6.07 Å². The third-order valence-electron chi connectivity index (χ3n) is 5.06. The molecular weight excluding hydrogens is 404 g/mol. The molecule has 4 rings (SSSR count). The van der Waals surface area contributed by atoms with E-state index in [1.54, 1.807) is 11.3 Å². The summed E-state index contributed by atoms with van der Waals surface area (Å²) >= 11 is 1.67. The second kappa shape index (κ2) is 8.55. The van der Waals surface area contributed by atoms with Gasteiger partial charge in [0, 0.05) is 30.8 Å². The molecule has 0 saturated heterocycles. The van der Waals surface area contributed by atoms with Crippen molar-refractivity contribution in [1.29, 1.82) is 0 Å². The van der Waals surface area contributed by atoms with Gasteiger partial charge in [-0.25, -0.2) is 0 Å². The van der Waals surface area contributed by atoms with Gasteiger partial charge in [0.05, 0.1) is 25.1 Å². The lowest BCUT2D eigenvalue weighted by atomic mass is 10.2. The van der Waals surface area contributed by atoms with E-state index in [4.69, 9.17) is 14.5 Å². The molecule has 0 bridgehead atoms. The molecule has 10 heteroatoms. The molecule has 160 valence electrons. The van der Waals surface area contributed by atoms with Crippen LogP contribution in [-0.4, -0.2) is 50.5 Å². The van der Waals surface area contributed by atoms with E-state index in [1.807, 2.05) is 13.8 Å². The summed E-state index contributed by atoms with van der Waals surface area (Å²) in [6, 6.07) is 2.52. The van der Waals surface area contributed by atoms with Crippen molar-refractivity contribution < 1.29 is 14.3 Å². The van der Waals surface area contributed by atoms with Crippen LogP contribution < -0.4 is 9.64 Å². The molecule has 1 unspecified atom stereocenters. The van der Waals surface area contributed by atoms with Crippen LogP contribution in [0.4, 0.5) is 5.82 Å². The van der Waals surface area contributed by atoms with E-state index in [0.717, 1.165) is 47.2 Å². The fraction of sp³-hybridized carbons (Fsp3) is 0.550. The van der Waals surface area contributed by atoms with Gasteiger partial charge >= 0.3 is 12.0 Å². The molecule has 30 heavy (non-hydrogen) atoms. The predicted octanol–water partition coefficient (Wildman–Crippen LogP) is 2.75. The second-order valence-corrected chi connectivity index (χ2v) is 8.69. The highest BCUT2D eigenvalue weighted by Gasteiger charge is 2.24. The maximum absolute atomic E-state index is 11.0. The van der Waals surface area contributed by atoms with E-state index in [1.165, 1.54) is 11.8 Å². The van der Waals surface area contributed by atoms with E-state index < -0.39 is 0 Å². The molecule has 0 spiro atoms. The molecular formula is C20H26N6O3S. The van der Waals surface area contributed by atoms with Crippen molar-refractivity contribution in [3.8, 4) is 6.01 Å². The molecule has 3 aromatic heterocycles. The summed E-state index contributed by atoms with van der Waals surface area (Å²) in [5, 5.41) is 9.55. The van der Waals surface area contributed by atoms with Gasteiger partial charge in [-0.1, -0.05) is 13.8 Å². The number of thiophene rings is 1. The standard InChI is InChI=1S/C20H26N6O3S/c1-5-15-8-16-18(25-6-7-26-13(3)23-24-17(26)9-25)21-20(22-19(16)30-15)29-11-12(2)10-28-14(4)27/h8,12H,5-7,9-11H2,1-4H3. The van der Waals surface area contributed by atoms with Crippen LogP contribution in [-0.2, 0) is 29.0 Å². The minimum Gasteiger partial charge on any atom is -0.465 e. The number of nitrogens with zero attached hydrogens (tertiary/aromatic N) is 6. The summed E-state index contributed by atoms with van der Waals surface area (Å²) in [6.45, 7) is 10.4. The van der Waals surface area contributed by atoms with Crippen LogP contribution in [0.25, 0.3) is 10.2 Å². The Labute approximate surface area is 179 Å². The lowest BCUT2D eigenvalue weighted by Crippen LogP contribution is -2.35. The first-order valence-electron chi connectivity index (χ1n) is 10.1. The minimum atomic E-state index is -0.291. The first kappa shape index (κ1) is 20.5. The zero-order valence-corrected chi connectivity index (χ0v) is 18.5. The van der Waals surface area contributed by atoms with Gasteiger partial charge < -0.3 is 18.9 Å². The summed E-state index contributed by atoms with van der Waals surface area (Å²) in [5.41, 5.74) is 0. The van der Waals surface area contributed by atoms with Crippen LogP contribution in [0.5, 0.6) is 6.01 Å². The average Bonchev–Trinajstić information content (AvgIpc) is 3.33. The number of rotatable bonds is 7. The quantitative estimate of drug-likeness (QED) is 0.528. The van der Waals surface area contributed by atoms with Crippen molar-refractivity contribution in [2.24, 2.45) is 5.92 Å². The van der Waals surface area contributed by atoms with E-state index in [9.17, 15) is 4.79 Å². The molecule has 0 aliphatic carbocycles. The Morgan fingerprint density at radius 1 is 1.27 bits per heavy atom. The van der Waals surface area contributed by atoms with E-state index in [0.29, 0.717) is 25.8 Å². The summed E-state index contributed by atoms with van der Waals surface area (Å²) in [7, 11) is 0. The molecule has 1 aliphatic rings. The summed E-state index contributed by atoms with van der Waals surface area (Å²) < 4.78 is 13.1. The molecule has 4 heterocycles. The van der Waals surface area contributed by atoms with E-state index in [-0.39, 0.29) is 11.9 Å². The molecule has 1 atom stereocenters. The topological polar surface area (TPSA) is 95.3 Å². The van der Waals surface area contributed by atoms with Crippen molar-refractivity contribution in [1.82, 2.24) is 24.7 Å². The maximum atomic E-state index is 11.0. The molecule has 0 aromatic carbocycles. The second-order valence-electron chi connectivity index (χ2n) is 7.57. The average molecular weight is 431 g/mol. The third-order valence-corrected chi connectivity index (χ3v) is 6.23. The van der Waals surface area contributed by atoms with E-state index >= 15 is 0 Å². The summed E-state index contributed by atoms with van der Waals surface area (Å²) in [5.74, 6) is 2.50. The number of hydrogen-bond donors (Lipinski definition) is 0. The maximum Gasteiger partial charge on any atom is 0.319 e. The number of anilines is 1. The molecule has 0 amide bonds. The number of hydrogen-bond acceptors (Lipinski definition) is 9. The Kier molecular flexibility index (Phi) is 5.85. The first-order valence-corrected chi connectivity index (χ1v) is 11.0. The molecule has 9 nitrogen and oxygen atoms in total. The molecule has 3 aromatic rings. The molecule has 1 aliphatic heterocycles. The van der Waals surface area contributed by atoms with Crippen LogP contribution in [0.3, 0.4) is 0 Å². The van der Waals surface area contributed by atoms with Gasteiger partial charge in [-0.2, -0.15) is 9.97 Å². The van der Waals surface area contributed by atoms with Crippen molar-refractivity contribution in [3.63, 3.8) is 0 Å². The fourth-order valence-electron chi connectivity index (χ4n) is 3.43. The summed E-state index contributed by atoms with van der Waals surface area (Å²) in [4.78, 5) is 24.8. The number of esters is 1. The minimum absolute atomic E-state index is 0.0442. The van der Waals surface area contributed by atoms with E-state index in [2.05, 4.69) is 37.6 Å². The van der Waals surface area contributed by atoms with Gasteiger partial charge in [0.2, 0.25) is 0 Å². The highest BCUT2D eigenvalue weighted by atomic mass is 32.1. The number of ether oxygens (including phenoxy) is 2. The van der Waals surface area contributed by atoms with Gasteiger partial charge in [0.25, 0.3) is 0 Å². The SMILES string of the molecule is CCc1cc2c(N3CCn4c(C)nnc4C3)nc(OCC(C)COC(C)=O)nc2s1. The van der Waals surface area contributed by atoms with Gasteiger partial charge in [0.15, 0.2) is 5.82 Å². The Bertz CT molecular complexity index is 1060. The van der Waals surface area contributed by atoms with Gasteiger partial charge in [-0.05, 0) is 19.4 Å². The van der Waals surface area contributed by atoms with Crippen molar-refractivity contribution in [2.75, 3.05) is 24.7 Å². The number of carbonyl (C=O) groups is 1. The van der Waals surface area contributed by atoms with Crippen molar-refractivity contribution in [2.45, 2.75) is 47.2 Å². The Hall–Kier alpha value is -2.75. The Morgan fingerprint density at radius 3 is 2.87 bits per heavy atom. The Balaban J connectivity index is 1.59. The molecule has 0 fully saturated rings. The molecule has 0 N–H and O–H groups in total. The van der Waals surface area contributed by atoms with Crippen LogP contribution in [0.1, 0.15) is 37.3 Å². The fourth-order valence-corrected chi connectivity index (χ4v) is 4.38. The van der Waals surface area contributed by atoms with Gasteiger partial charge in [0.1, 0.15) is 16.5 Å². The number of fused-ring (bicyclic) bond motifs is 2. The van der Waals surface area contributed by atoms with Crippen molar-refractivity contribution >= 4 is 33.3 Å².